The molecule has 0 nitrogen and oxygen atoms in total. The van der Waals surface area contributed by atoms with Crippen molar-refractivity contribution in [2.75, 3.05) is 0 Å². The predicted molar refractivity (Wildman–Crippen MR) is 146 cm³/mol. The zero-order chi connectivity index (χ0) is 22.7. The first-order valence-electron chi connectivity index (χ1n) is 11.6. The molecule has 0 unspecified atom stereocenters. The number of hydrogen-bond acceptors (Lipinski definition) is 0. The van der Waals surface area contributed by atoms with E-state index in [1.165, 1.54) is 54.9 Å². The number of rotatable bonds is 2. The fourth-order valence-corrected chi connectivity index (χ4v) is 6.17. The summed E-state index contributed by atoms with van der Waals surface area (Å²) in [4.78, 5) is 0. The lowest BCUT2D eigenvalue weighted by atomic mass is 9.79. The van der Waals surface area contributed by atoms with Gasteiger partial charge >= 0.3 is 0 Å². The average molecular weight is 497 g/mol. The van der Waals surface area contributed by atoms with Gasteiger partial charge < -0.3 is 0 Å². The molecule has 0 saturated heterocycles. The van der Waals surface area contributed by atoms with Gasteiger partial charge in [0.05, 0.1) is 5.41 Å². The standard InChI is InChI=1S/C33H21Br/c34-24-15-16-28-27-13-7-8-14-31(27)33(32(28)19-24)20-29-25(22-9-3-1-4-10-22)17-18-26(30(29)21-33)23-11-5-2-6-12-23/h1-21H. The van der Waals surface area contributed by atoms with Crippen LogP contribution in [0, 0.1) is 0 Å². The first-order valence-corrected chi connectivity index (χ1v) is 12.4. The van der Waals surface area contributed by atoms with Gasteiger partial charge in [0.2, 0.25) is 0 Å². The lowest BCUT2D eigenvalue weighted by Crippen LogP contribution is -2.25. The zero-order valence-electron chi connectivity index (χ0n) is 18.5. The molecule has 1 spiro atoms. The van der Waals surface area contributed by atoms with Crippen LogP contribution in [0.4, 0.5) is 0 Å². The summed E-state index contributed by atoms with van der Waals surface area (Å²) in [6.07, 6.45) is 5.02. The molecule has 0 N–H and O–H groups in total. The third-order valence-corrected chi connectivity index (χ3v) is 7.78. The highest BCUT2D eigenvalue weighted by Gasteiger charge is 2.42. The van der Waals surface area contributed by atoms with E-state index in [0.29, 0.717) is 0 Å². The van der Waals surface area contributed by atoms with Gasteiger partial charge in [-0.3, -0.25) is 0 Å². The van der Waals surface area contributed by atoms with Gasteiger partial charge in [-0.15, -0.1) is 0 Å². The highest BCUT2D eigenvalue weighted by Crippen LogP contribution is 2.52. The van der Waals surface area contributed by atoms with Crippen molar-refractivity contribution >= 4 is 28.1 Å². The van der Waals surface area contributed by atoms with Crippen LogP contribution in [0.2, 0.25) is 0 Å². The monoisotopic (exact) mass is 496 g/mol. The van der Waals surface area contributed by atoms with Crippen LogP contribution in [0.25, 0.3) is 45.5 Å². The van der Waals surface area contributed by atoms with E-state index in [9.17, 15) is 0 Å². The summed E-state index contributed by atoms with van der Waals surface area (Å²) in [6.45, 7) is 0. The first-order chi connectivity index (χ1) is 16.7. The Labute approximate surface area is 207 Å². The van der Waals surface area contributed by atoms with Crippen molar-refractivity contribution in [1.29, 1.82) is 0 Å². The molecule has 0 aromatic heterocycles. The molecular formula is C33H21Br. The molecular weight excluding hydrogens is 476 g/mol. The normalized spacial score (nSPS) is 14.1. The highest BCUT2D eigenvalue weighted by molar-refractivity contribution is 9.10. The maximum atomic E-state index is 3.75. The SMILES string of the molecule is Brc1ccc2c(c1)C1(C=c3c(-c4ccccc4)ccc(-c4ccccc4)c3=C1)c1ccccc1-2. The molecule has 34 heavy (non-hydrogen) atoms. The Bertz CT molecular complexity index is 1620. The Kier molecular flexibility index (Phi) is 4.31. The molecule has 2 aliphatic rings. The average Bonchev–Trinajstić information content (AvgIpc) is 3.42. The van der Waals surface area contributed by atoms with Crippen molar-refractivity contribution in [3.05, 3.63) is 141 Å². The lowest BCUT2D eigenvalue weighted by molar-refractivity contribution is 0.960. The third kappa shape index (κ3) is 2.77. The van der Waals surface area contributed by atoms with Gasteiger partial charge in [-0.05, 0) is 67.1 Å². The van der Waals surface area contributed by atoms with Gasteiger partial charge in [0, 0.05) is 4.47 Å². The van der Waals surface area contributed by atoms with Gasteiger partial charge in [-0.1, -0.05) is 131 Å². The largest absolute Gasteiger partial charge is 0.0622 e. The molecule has 160 valence electrons. The van der Waals surface area contributed by atoms with E-state index in [-0.39, 0.29) is 5.41 Å². The van der Waals surface area contributed by atoms with Crippen molar-refractivity contribution in [3.8, 4) is 33.4 Å². The lowest BCUT2D eigenvalue weighted by Gasteiger charge is -2.23. The van der Waals surface area contributed by atoms with Gasteiger partial charge in [0.1, 0.15) is 0 Å². The van der Waals surface area contributed by atoms with Gasteiger partial charge in [-0.2, -0.15) is 0 Å². The molecule has 0 atom stereocenters. The number of benzene rings is 5. The molecule has 0 aliphatic heterocycles. The minimum absolute atomic E-state index is 0.285. The van der Waals surface area contributed by atoms with Crippen molar-refractivity contribution in [2.45, 2.75) is 5.41 Å². The molecule has 5 aromatic rings. The Morgan fingerprint density at radius 1 is 0.441 bits per heavy atom. The quantitative estimate of drug-likeness (QED) is 0.240. The van der Waals surface area contributed by atoms with Crippen molar-refractivity contribution in [3.63, 3.8) is 0 Å². The van der Waals surface area contributed by atoms with Crippen LogP contribution in [0.3, 0.4) is 0 Å². The molecule has 7 rings (SSSR count). The fourth-order valence-electron chi connectivity index (χ4n) is 5.81. The van der Waals surface area contributed by atoms with Crippen molar-refractivity contribution in [2.24, 2.45) is 0 Å². The third-order valence-electron chi connectivity index (χ3n) is 7.29. The summed E-state index contributed by atoms with van der Waals surface area (Å²) in [5.41, 5.74) is 10.1. The maximum Gasteiger partial charge on any atom is 0.0593 e. The highest BCUT2D eigenvalue weighted by atomic mass is 79.9. The summed E-state index contributed by atoms with van der Waals surface area (Å²) in [5, 5.41) is 2.63. The van der Waals surface area contributed by atoms with Gasteiger partial charge in [-0.25, -0.2) is 0 Å². The van der Waals surface area contributed by atoms with E-state index in [1.54, 1.807) is 0 Å². The van der Waals surface area contributed by atoms with Crippen LogP contribution < -0.4 is 10.4 Å². The van der Waals surface area contributed by atoms with Crippen molar-refractivity contribution < 1.29 is 0 Å². The summed E-state index contributed by atoms with van der Waals surface area (Å²) < 4.78 is 1.11. The Morgan fingerprint density at radius 3 is 1.56 bits per heavy atom. The Hall–Kier alpha value is -3.68. The second kappa shape index (κ2) is 7.41. The van der Waals surface area contributed by atoms with Crippen molar-refractivity contribution in [1.82, 2.24) is 0 Å². The van der Waals surface area contributed by atoms with Crippen LogP contribution in [-0.2, 0) is 5.41 Å². The molecule has 0 saturated carbocycles. The van der Waals surface area contributed by atoms with Crippen LogP contribution in [0.1, 0.15) is 11.1 Å². The fraction of sp³-hybridized carbons (Fsp3) is 0.0303. The molecule has 0 amide bonds. The number of fused-ring (bicyclic) bond motifs is 6. The summed E-state index contributed by atoms with van der Waals surface area (Å²) in [5.74, 6) is 0. The van der Waals surface area contributed by atoms with E-state index in [2.05, 4.69) is 143 Å². The minimum atomic E-state index is -0.285. The summed E-state index contributed by atoms with van der Waals surface area (Å²) in [7, 11) is 0. The van der Waals surface area contributed by atoms with Crippen LogP contribution in [0.5, 0.6) is 0 Å². The predicted octanol–water partition coefficient (Wildman–Crippen LogP) is 7.32. The molecule has 0 fully saturated rings. The Morgan fingerprint density at radius 2 is 0.941 bits per heavy atom. The summed E-state index contributed by atoms with van der Waals surface area (Å²) in [6, 6.07) is 41.7. The molecule has 5 aromatic carbocycles. The Balaban J connectivity index is 1.62. The smallest absolute Gasteiger partial charge is 0.0593 e. The van der Waals surface area contributed by atoms with E-state index >= 15 is 0 Å². The van der Waals surface area contributed by atoms with Crippen LogP contribution in [-0.4, -0.2) is 0 Å². The molecule has 1 heteroatoms. The second-order valence-corrected chi connectivity index (χ2v) is 10.0. The summed E-state index contributed by atoms with van der Waals surface area (Å²) >= 11 is 3.75. The molecule has 0 heterocycles. The van der Waals surface area contributed by atoms with E-state index in [0.717, 1.165) is 4.47 Å². The van der Waals surface area contributed by atoms with Crippen LogP contribution >= 0.6 is 15.9 Å². The van der Waals surface area contributed by atoms with Gasteiger partial charge in [0.15, 0.2) is 0 Å². The first kappa shape index (κ1) is 19.8. The van der Waals surface area contributed by atoms with Crippen LogP contribution in [0.15, 0.2) is 120 Å². The topological polar surface area (TPSA) is 0 Å². The number of hydrogen-bond donors (Lipinski definition) is 0. The molecule has 0 bridgehead atoms. The maximum absolute atomic E-state index is 3.75. The van der Waals surface area contributed by atoms with E-state index in [4.69, 9.17) is 0 Å². The zero-order valence-corrected chi connectivity index (χ0v) is 20.1. The second-order valence-electron chi connectivity index (χ2n) is 9.11. The molecule has 0 radical (unpaired) electrons. The minimum Gasteiger partial charge on any atom is -0.0622 e. The van der Waals surface area contributed by atoms with Gasteiger partial charge in [0.25, 0.3) is 0 Å². The molecule has 2 aliphatic carbocycles. The van der Waals surface area contributed by atoms with E-state index in [1.807, 2.05) is 0 Å². The number of halogens is 1. The van der Waals surface area contributed by atoms with E-state index < -0.39 is 0 Å².